The highest BCUT2D eigenvalue weighted by atomic mass is 15.2. The molecule has 1 unspecified atom stereocenters. The molecule has 1 aromatic heterocycles. The van der Waals surface area contributed by atoms with E-state index in [-0.39, 0.29) is 0 Å². The summed E-state index contributed by atoms with van der Waals surface area (Å²) >= 11 is 0. The molecule has 0 saturated heterocycles. The Balaban J connectivity index is 1.98. The van der Waals surface area contributed by atoms with E-state index in [1.165, 1.54) is 50.5 Å². The molecule has 0 bridgehead atoms. The Morgan fingerprint density at radius 2 is 1.83 bits per heavy atom. The molecule has 1 atom stereocenters. The molecule has 104 valence electrons. The molecule has 0 fully saturated rings. The average molecular weight is 251 g/mol. The lowest BCUT2D eigenvalue weighted by Crippen LogP contribution is -2.22. The lowest BCUT2D eigenvalue weighted by molar-refractivity contribution is 0.528. The van der Waals surface area contributed by atoms with Crippen LogP contribution in [-0.2, 0) is 13.5 Å². The first kappa shape index (κ1) is 15.2. The normalized spacial score (nSPS) is 12.8. The predicted molar refractivity (Wildman–Crippen MR) is 77.5 cm³/mol. The fraction of sp³-hybridized carbons (Fsp3) is 0.800. The van der Waals surface area contributed by atoms with Crippen molar-refractivity contribution in [3.8, 4) is 0 Å². The van der Waals surface area contributed by atoms with Gasteiger partial charge in [0, 0.05) is 19.3 Å². The number of unbranched alkanes of at least 4 members (excludes halogenated alkanes) is 6. The van der Waals surface area contributed by atoms with Crippen LogP contribution in [0, 0.1) is 0 Å². The maximum absolute atomic E-state index is 6.14. The minimum absolute atomic E-state index is 0.296. The van der Waals surface area contributed by atoms with Crippen LogP contribution in [0.2, 0.25) is 0 Å². The Kier molecular flexibility index (Phi) is 7.74. The van der Waals surface area contributed by atoms with Crippen molar-refractivity contribution in [3.63, 3.8) is 0 Å². The van der Waals surface area contributed by atoms with Gasteiger partial charge < -0.3 is 5.73 Å². The van der Waals surface area contributed by atoms with Gasteiger partial charge in [-0.1, -0.05) is 51.9 Å². The largest absolute Gasteiger partial charge is 0.327 e. The molecule has 3 nitrogen and oxygen atoms in total. The van der Waals surface area contributed by atoms with Crippen molar-refractivity contribution < 1.29 is 0 Å². The number of aryl methyl sites for hydroxylation is 1. The van der Waals surface area contributed by atoms with Gasteiger partial charge in [-0.25, -0.2) is 0 Å². The van der Waals surface area contributed by atoms with Crippen LogP contribution in [0.15, 0.2) is 12.4 Å². The molecule has 1 heterocycles. The number of aromatic nitrogens is 2. The summed E-state index contributed by atoms with van der Waals surface area (Å²) in [6.07, 6.45) is 15.6. The standard InChI is InChI=1S/C15H29N3/c1-3-4-5-6-7-8-9-10-15(16)11-14-12-17-18(2)13-14/h12-13,15H,3-11,16H2,1-2H3. The minimum atomic E-state index is 0.296. The summed E-state index contributed by atoms with van der Waals surface area (Å²) in [6.45, 7) is 2.26. The molecule has 18 heavy (non-hydrogen) atoms. The number of nitrogens with two attached hydrogens (primary N) is 1. The van der Waals surface area contributed by atoms with Gasteiger partial charge in [0.25, 0.3) is 0 Å². The van der Waals surface area contributed by atoms with Crippen molar-refractivity contribution in [1.82, 2.24) is 9.78 Å². The second-order valence-corrected chi connectivity index (χ2v) is 5.40. The fourth-order valence-electron chi connectivity index (χ4n) is 2.35. The molecular formula is C15H29N3. The first-order valence-corrected chi connectivity index (χ1v) is 7.45. The third-order valence-electron chi connectivity index (χ3n) is 3.43. The van der Waals surface area contributed by atoms with Gasteiger partial charge in [-0.3, -0.25) is 4.68 Å². The topological polar surface area (TPSA) is 43.8 Å². The van der Waals surface area contributed by atoms with E-state index in [0.29, 0.717) is 6.04 Å². The van der Waals surface area contributed by atoms with Gasteiger partial charge in [0.15, 0.2) is 0 Å². The maximum Gasteiger partial charge on any atom is 0.0522 e. The Hall–Kier alpha value is -0.830. The highest BCUT2D eigenvalue weighted by molar-refractivity contribution is 5.05. The summed E-state index contributed by atoms with van der Waals surface area (Å²) < 4.78 is 1.84. The van der Waals surface area contributed by atoms with Crippen molar-refractivity contribution in [2.24, 2.45) is 12.8 Å². The molecule has 0 saturated carbocycles. The van der Waals surface area contributed by atoms with Crippen LogP contribution < -0.4 is 5.73 Å². The van der Waals surface area contributed by atoms with E-state index in [9.17, 15) is 0 Å². The summed E-state index contributed by atoms with van der Waals surface area (Å²) in [7, 11) is 1.95. The van der Waals surface area contributed by atoms with Crippen molar-refractivity contribution in [3.05, 3.63) is 18.0 Å². The van der Waals surface area contributed by atoms with E-state index in [1.807, 2.05) is 17.9 Å². The van der Waals surface area contributed by atoms with Crippen LogP contribution in [0.25, 0.3) is 0 Å². The van der Waals surface area contributed by atoms with E-state index in [2.05, 4.69) is 18.2 Å². The molecule has 3 heteroatoms. The molecule has 1 aromatic rings. The van der Waals surface area contributed by atoms with Crippen LogP contribution in [0.4, 0.5) is 0 Å². The van der Waals surface area contributed by atoms with E-state index in [0.717, 1.165) is 12.8 Å². The minimum Gasteiger partial charge on any atom is -0.327 e. The van der Waals surface area contributed by atoms with Gasteiger partial charge in [-0.15, -0.1) is 0 Å². The molecule has 0 aliphatic rings. The van der Waals surface area contributed by atoms with E-state index < -0.39 is 0 Å². The lowest BCUT2D eigenvalue weighted by Gasteiger charge is -2.09. The molecule has 0 spiro atoms. The number of rotatable bonds is 10. The molecule has 0 amide bonds. The summed E-state index contributed by atoms with van der Waals surface area (Å²) in [6, 6.07) is 0.296. The third kappa shape index (κ3) is 6.80. The van der Waals surface area contributed by atoms with Gasteiger partial charge in [-0.2, -0.15) is 5.10 Å². The number of nitrogens with zero attached hydrogens (tertiary/aromatic N) is 2. The van der Waals surface area contributed by atoms with Crippen molar-refractivity contribution >= 4 is 0 Å². The Morgan fingerprint density at radius 1 is 1.17 bits per heavy atom. The highest BCUT2D eigenvalue weighted by Gasteiger charge is 2.05. The van der Waals surface area contributed by atoms with E-state index >= 15 is 0 Å². The zero-order chi connectivity index (χ0) is 13.2. The van der Waals surface area contributed by atoms with Crippen LogP contribution in [0.3, 0.4) is 0 Å². The van der Waals surface area contributed by atoms with Gasteiger partial charge in [0.2, 0.25) is 0 Å². The Labute approximate surface area is 112 Å². The second-order valence-electron chi connectivity index (χ2n) is 5.40. The summed E-state index contributed by atoms with van der Waals surface area (Å²) in [5.74, 6) is 0. The molecule has 0 aliphatic carbocycles. The maximum atomic E-state index is 6.14. The van der Waals surface area contributed by atoms with Crippen molar-refractivity contribution in [2.45, 2.75) is 70.8 Å². The van der Waals surface area contributed by atoms with Gasteiger partial charge in [0.05, 0.1) is 6.20 Å². The summed E-state index contributed by atoms with van der Waals surface area (Å²) in [4.78, 5) is 0. The van der Waals surface area contributed by atoms with Crippen molar-refractivity contribution in [2.75, 3.05) is 0 Å². The molecule has 0 aliphatic heterocycles. The second kappa shape index (κ2) is 9.15. The molecule has 1 rings (SSSR count). The number of hydrogen-bond acceptors (Lipinski definition) is 2. The molecule has 0 aromatic carbocycles. The first-order valence-electron chi connectivity index (χ1n) is 7.45. The smallest absolute Gasteiger partial charge is 0.0522 e. The van der Waals surface area contributed by atoms with E-state index in [4.69, 9.17) is 5.73 Å². The molecule has 2 N–H and O–H groups in total. The highest BCUT2D eigenvalue weighted by Crippen LogP contribution is 2.11. The quantitative estimate of drug-likeness (QED) is 0.647. The lowest BCUT2D eigenvalue weighted by atomic mass is 10.0. The van der Waals surface area contributed by atoms with Crippen LogP contribution >= 0.6 is 0 Å². The van der Waals surface area contributed by atoms with Gasteiger partial charge in [-0.05, 0) is 18.4 Å². The Bertz CT molecular complexity index is 306. The van der Waals surface area contributed by atoms with Gasteiger partial charge >= 0.3 is 0 Å². The Morgan fingerprint density at radius 3 is 2.44 bits per heavy atom. The van der Waals surface area contributed by atoms with Crippen molar-refractivity contribution in [1.29, 1.82) is 0 Å². The third-order valence-corrected chi connectivity index (χ3v) is 3.43. The van der Waals surface area contributed by atoms with Crippen LogP contribution in [0.1, 0.15) is 63.9 Å². The predicted octanol–water partition coefficient (Wildman–Crippen LogP) is 3.43. The average Bonchev–Trinajstić information content (AvgIpc) is 2.73. The monoisotopic (exact) mass is 251 g/mol. The summed E-state index contributed by atoms with van der Waals surface area (Å²) in [5, 5.41) is 4.17. The first-order chi connectivity index (χ1) is 8.72. The summed E-state index contributed by atoms with van der Waals surface area (Å²) in [5.41, 5.74) is 7.40. The molecular weight excluding hydrogens is 222 g/mol. The fourth-order valence-corrected chi connectivity index (χ4v) is 2.35. The SMILES string of the molecule is CCCCCCCCCC(N)Cc1cnn(C)c1. The van der Waals surface area contributed by atoms with Crippen LogP contribution in [-0.4, -0.2) is 15.8 Å². The molecule has 0 radical (unpaired) electrons. The van der Waals surface area contributed by atoms with E-state index in [1.54, 1.807) is 0 Å². The number of hydrogen-bond donors (Lipinski definition) is 1. The van der Waals surface area contributed by atoms with Gasteiger partial charge in [0.1, 0.15) is 0 Å². The van der Waals surface area contributed by atoms with Crippen LogP contribution in [0.5, 0.6) is 0 Å². The zero-order valence-corrected chi connectivity index (χ0v) is 12.1. The zero-order valence-electron chi connectivity index (χ0n) is 12.1.